The predicted molar refractivity (Wildman–Crippen MR) is 104 cm³/mol. The third kappa shape index (κ3) is 3.92. The van der Waals surface area contributed by atoms with E-state index in [1.54, 1.807) is 12.1 Å². The van der Waals surface area contributed by atoms with Crippen LogP contribution in [0.15, 0.2) is 38.1 Å². The molecule has 1 fully saturated rings. The van der Waals surface area contributed by atoms with E-state index in [9.17, 15) is 19.5 Å². The van der Waals surface area contributed by atoms with Crippen LogP contribution < -0.4 is 4.74 Å². The van der Waals surface area contributed by atoms with E-state index in [4.69, 9.17) is 9.15 Å². The van der Waals surface area contributed by atoms with Crippen molar-refractivity contribution in [1.82, 2.24) is 4.90 Å². The minimum Gasteiger partial charge on any atom is -0.503 e. The molecule has 0 atom stereocenters. The van der Waals surface area contributed by atoms with Crippen molar-refractivity contribution in [1.29, 1.82) is 0 Å². The molecule has 2 aromatic rings. The average molecular weight is 468 g/mol. The summed E-state index contributed by atoms with van der Waals surface area (Å²) < 4.78 is 15.3. The van der Waals surface area contributed by atoms with E-state index < -0.39 is 17.1 Å². The maximum atomic E-state index is 12.6. The van der Waals surface area contributed by atoms with Gasteiger partial charge in [-0.1, -0.05) is 0 Å². The van der Waals surface area contributed by atoms with E-state index in [0.717, 1.165) is 16.7 Å². The van der Waals surface area contributed by atoms with Gasteiger partial charge in [0.15, 0.2) is 11.5 Å². The molecule has 1 N–H and O–H groups in total. The summed E-state index contributed by atoms with van der Waals surface area (Å²) in [6.45, 7) is -0.110. The molecule has 2 heterocycles. The second-order valence-corrected chi connectivity index (χ2v) is 7.43. The maximum Gasteiger partial charge on any atom is 0.373 e. The van der Waals surface area contributed by atoms with Gasteiger partial charge in [-0.25, -0.2) is 4.79 Å². The number of nitrogens with zero attached hydrogens (tertiary/aromatic N) is 1. The summed E-state index contributed by atoms with van der Waals surface area (Å²) in [7, 11) is 2.63. The van der Waals surface area contributed by atoms with Crippen LogP contribution in [0.3, 0.4) is 0 Å². The highest BCUT2D eigenvalue weighted by atomic mass is 79.9. The van der Waals surface area contributed by atoms with E-state index >= 15 is 0 Å². The Morgan fingerprint density at radius 2 is 2.07 bits per heavy atom. The number of aromatic hydroxyl groups is 1. The molecule has 0 saturated carbocycles. The van der Waals surface area contributed by atoms with Crippen LogP contribution in [0.25, 0.3) is 6.08 Å². The zero-order valence-corrected chi connectivity index (χ0v) is 17.1. The molecule has 1 aliphatic heterocycles. The third-order valence-electron chi connectivity index (χ3n) is 3.80. The first-order chi connectivity index (χ1) is 13.3. The number of rotatable bonds is 5. The molecule has 1 aromatic heterocycles. The summed E-state index contributed by atoms with van der Waals surface area (Å²) in [5.74, 6) is -0.710. The molecule has 0 bridgehead atoms. The molecule has 1 saturated heterocycles. The number of carbonyl (C=O) groups excluding carboxylic acids is 3. The van der Waals surface area contributed by atoms with Gasteiger partial charge in [0.05, 0.1) is 30.1 Å². The van der Waals surface area contributed by atoms with E-state index in [2.05, 4.69) is 20.7 Å². The number of thioether (sulfide) groups is 1. The van der Waals surface area contributed by atoms with Crippen LogP contribution in [0, 0.1) is 0 Å². The fourth-order valence-corrected chi connectivity index (χ4v) is 3.75. The number of esters is 1. The van der Waals surface area contributed by atoms with E-state index in [1.165, 1.54) is 32.4 Å². The molecule has 8 nitrogen and oxygen atoms in total. The Kier molecular flexibility index (Phi) is 5.80. The van der Waals surface area contributed by atoms with Crippen molar-refractivity contribution in [2.75, 3.05) is 14.2 Å². The minimum absolute atomic E-state index is 0.0129. The predicted octanol–water partition coefficient (Wildman–Crippen LogP) is 3.78. The van der Waals surface area contributed by atoms with Gasteiger partial charge in [0.2, 0.25) is 5.76 Å². The Bertz CT molecular complexity index is 998. The van der Waals surface area contributed by atoms with Crippen LogP contribution in [-0.2, 0) is 16.1 Å². The molecule has 146 valence electrons. The second kappa shape index (κ2) is 8.11. The lowest BCUT2D eigenvalue weighted by atomic mass is 10.2. The Morgan fingerprint density at radius 3 is 2.75 bits per heavy atom. The summed E-state index contributed by atoms with van der Waals surface area (Å²) in [5.41, 5.74) is 0.568. The molecule has 0 unspecified atom stereocenters. The number of carbonyl (C=O) groups is 3. The van der Waals surface area contributed by atoms with Gasteiger partial charge in [-0.3, -0.25) is 14.5 Å². The number of benzene rings is 1. The Hall–Kier alpha value is -2.72. The summed E-state index contributed by atoms with van der Waals surface area (Å²) in [6, 6.07) is 6.06. The molecule has 1 aliphatic rings. The number of phenols is 1. The Labute approximate surface area is 172 Å². The highest BCUT2D eigenvalue weighted by Crippen LogP contribution is 2.38. The number of halogens is 1. The molecule has 1 aromatic carbocycles. The van der Waals surface area contributed by atoms with Crippen molar-refractivity contribution < 1.29 is 33.4 Å². The highest BCUT2D eigenvalue weighted by molar-refractivity contribution is 9.10. The van der Waals surface area contributed by atoms with Crippen molar-refractivity contribution in [3.8, 4) is 11.5 Å². The van der Waals surface area contributed by atoms with Gasteiger partial charge in [0, 0.05) is 0 Å². The van der Waals surface area contributed by atoms with Crippen LogP contribution in [0.1, 0.15) is 21.9 Å². The van der Waals surface area contributed by atoms with Crippen molar-refractivity contribution >= 4 is 50.9 Å². The molecular weight excluding hydrogens is 454 g/mol. The normalized spacial score (nSPS) is 15.4. The van der Waals surface area contributed by atoms with Crippen molar-refractivity contribution in [3.63, 3.8) is 0 Å². The average Bonchev–Trinajstić information content (AvgIpc) is 3.24. The van der Waals surface area contributed by atoms with Gasteiger partial charge in [0.25, 0.3) is 11.1 Å². The Morgan fingerprint density at radius 1 is 1.32 bits per heavy atom. The van der Waals surface area contributed by atoms with Gasteiger partial charge < -0.3 is 19.0 Å². The number of hydrogen-bond acceptors (Lipinski definition) is 8. The summed E-state index contributed by atoms with van der Waals surface area (Å²) >= 11 is 4.00. The van der Waals surface area contributed by atoms with Crippen LogP contribution >= 0.6 is 27.7 Å². The number of methoxy groups -OCH3 is 2. The summed E-state index contributed by atoms with van der Waals surface area (Å²) in [4.78, 5) is 37.5. The van der Waals surface area contributed by atoms with Crippen LogP contribution in [-0.4, -0.2) is 41.3 Å². The number of furan rings is 1. The maximum absolute atomic E-state index is 12.6. The smallest absolute Gasteiger partial charge is 0.373 e. The van der Waals surface area contributed by atoms with Gasteiger partial charge in [0.1, 0.15) is 5.76 Å². The van der Waals surface area contributed by atoms with E-state index in [-0.39, 0.29) is 34.5 Å². The van der Waals surface area contributed by atoms with Gasteiger partial charge in [-0.15, -0.1) is 0 Å². The molecule has 2 amide bonds. The molecule has 28 heavy (non-hydrogen) atoms. The van der Waals surface area contributed by atoms with Crippen molar-refractivity contribution in [2.24, 2.45) is 0 Å². The van der Waals surface area contributed by atoms with Crippen LogP contribution in [0.4, 0.5) is 4.79 Å². The van der Waals surface area contributed by atoms with Gasteiger partial charge >= 0.3 is 5.97 Å². The lowest BCUT2D eigenvalue weighted by Crippen LogP contribution is -2.27. The third-order valence-corrected chi connectivity index (χ3v) is 5.32. The van der Waals surface area contributed by atoms with Gasteiger partial charge in [-0.2, -0.15) is 0 Å². The lowest BCUT2D eigenvalue weighted by Gasteiger charge is -2.10. The zero-order valence-electron chi connectivity index (χ0n) is 14.7. The molecular formula is C18H14BrNO7S. The second-order valence-electron chi connectivity index (χ2n) is 5.58. The number of hydrogen-bond donors (Lipinski definition) is 1. The van der Waals surface area contributed by atoms with Crippen LogP contribution in [0.2, 0.25) is 0 Å². The van der Waals surface area contributed by atoms with E-state index in [1.807, 2.05) is 0 Å². The summed E-state index contributed by atoms with van der Waals surface area (Å²) in [6.07, 6.45) is 1.53. The standard InChI is InChI=1S/C18H14BrNO7S/c1-25-13-6-9(5-11(19)15(13)21)7-14-16(22)20(18(24)28-14)8-10-3-4-12(27-10)17(23)26-2/h3-7,21H,8H2,1-2H3. The summed E-state index contributed by atoms with van der Waals surface area (Å²) in [5, 5.41) is 9.41. The van der Waals surface area contributed by atoms with E-state index in [0.29, 0.717) is 10.0 Å². The first-order valence-corrected chi connectivity index (χ1v) is 9.44. The fraction of sp³-hybridized carbons (Fsp3) is 0.167. The topological polar surface area (TPSA) is 106 Å². The lowest BCUT2D eigenvalue weighted by molar-refractivity contribution is -0.123. The molecule has 0 aliphatic carbocycles. The monoisotopic (exact) mass is 467 g/mol. The largest absolute Gasteiger partial charge is 0.503 e. The Balaban J connectivity index is 1.82. The van der Waals surface area contributed by atoms with Crippen LogP contribution in [0.5, 0.6) is 11.5 Å². The number of imide groups is 1. The fourth-order valence-electron chi connectivity index (χ4n) is 2.45. The van der Waals surface area contributed by atoms with Crippen molar-refractivity contribution in [3.05, 3.63) is 50.7 Å². The number of amides is 2. The minimum atomic E-state index is -0.646. The molecule has 10 heteroatoms. The zero-order chi connectivity index (χ0) is 20.4. The molecule has 0 radical (unpaired) electrons. The molecule has 0 spiro atoms. The molecule has 3 rings (SSSR count). The first kappa shape index (κ1) is 20.0. The first-order valence-electron chi connectivity index (χ1n) is 7.83. The SMILES string of the molecule is COC(=O)c1ccc(CN2C(=O)SC(=Cc3cc(Br)c(O)c(OC)c3)C2=O)o1. The number of phenolic OH excluding ortho intramolecular Hbond substituents is 1. The van der Waals surface area contributed by atoms with Crippen molar-refractivity contribution in [2.45, 2.75) is 6.54 Å². The quantitative estimate of drug-likeness (QED) is 0.522. The highest BCUT2D eigenvalue weighted by Gasteiger charge is 2.35. The van der Waals surface area contributed by atoms with Gasteiger partial charge in [-0.05, 0) is 63.6 Å². The number of ether oxygens (including phenoxy) is 2.